The lowest BCUT2D eigenvalue weighted by molar-refractivity contribution is -0.139. The number of nitrogens with zero attached hydrogens (tertiary/aromatic N) is 6. The molecule has 0 spiro atoms. The Hall–Kier alpha value is -2.91. The van der Waals surface area contributed by atoms with Gasteiger partial charge in [-0.1, -0.05) is 32.1 Å². The molecule has 2 amide bonds. The van der Waals surface area contributed by atoms with E-state index in [1.54, 1.807) is 17.9 Å². The normalized spacial score (nSPS) is 17.5. The van der Waals surface area contributed by atoms with Crippen LogP contribution in [0.5, 0.6) is 0 Å². The molecular weight excluding hydrogens is 436 g/mol. The van der Waals surface area contributed by atoms with Gasteiger partial charge in [0.15, 0.2) is 11.2 Å². The largest absolute Gasteiger partial charge is 0.339 e. The first-order chi connectivity index (χ1) is 16.4. The number of hydrogen-bond donors (Lipinski definition) is 0. The maximum absolute atomic E-state index is 12.7. The Balaban J connectivity index is 1.23. The molecule has 1 aliphatic carbocycles. The van der Waals surface area contributed by atoms with Crippen LogP contribution in [-0.2, 0) is 30.2 Å². The molecule has 2 aliphatic rings. The van der Waals surface area contributed by atoms with Crippen molar-refractivity contribution in [3.63, 3.8) is 0 Å². The number of carbonyl (C=O) groups is 2. The summed E-state index contributed by atoms with van der Waals surface area (Å²) in [7, 11) is 3.04. The van der Waals surface area contributed by atoms with Crippen LogP contribution in [0.3, 0.4) is 0 Å². The number of aromatic nitrogens is 4. The van der Waals surface area contributed by atoms with Crippen LogP contribution in [0.25, 0.3) is 11.2 Å². The predicted molar refractivity (Wildman–Crippen MR) is 128 cm³/mol. The van der Waals surface area contributed by atoms with Gasteiger partial charge in [-0.2, -0.15) is 0 Å². The molecule has 0 radical (unpaired) electrons. The fourth-order valence-corrected chi connectivity index (χ4v) is 5.29. The van der Waals surface area contributed by atoms with Crippen LogP contribution in [0.4, 0.5) is 0 Å². The Morgan fingerprint density at radius 1 is 0.912 bits per heavy atom. The van der Waals surface area contributed by atoms with Crippen LogP contribution in [0.15, 0.2) is 15.9 Å². The molecular formula is C24H36N6O4. The fraction of sp³-hybridized carbons (Fsp3) is 0.708. The molecule has 2 aromatic rings. The summed E-state index contributed by atoms with van der Waals surface area (Å²) >= 11 is 0. The van der Waals surface area contributed by atoms with Gasteiger partial charge in [0, 0.05) is 59.7 Å². The number of aryl methyl sites for hydroxylation is 2. The van der Waals surface area contributed by atoms with E-state index in [-0.39, 0.29) is 17.4 Å². The van der Waals surface area contributed by atoms with Gasteiger partial charge in [0.1, 0.15) is 0 Å². The number of rotatable bonds is 7. The molecule has 10 nitrogen and oxygen atoms in total. The van der Waals surface area contributed by atoms with Crippen molar-refractivity contribution in [3.8, 4) is 0 Å². The van der Waals surface area contributed by atoms with Crippen LogP contribution < -0.4 is 11.2 Å². The highest BCUT2D eigenvalue weighted by atomic mass is 16.2. The van der Waals surface area contributed by atoms with Crippen molar-refractivity contribution in [1.29, 1.82) is 0 Å². The average molecular weight is 473 g/mol. The van der Waals surface area contributed by atoms with Gasteiger partial charge in [-0.3, -0.25) is 23.5 Å². The summed E-state index contributed by atoms with van der Waals surface area (Å²) in [6.45, 7) is 2.82. The summed E-state index contributed by atoms with van der Waals surface area (Å²) in [5.41, 5.74) is -0.0724. The van der Waals surface area contributed by atoms with Gasteiger partial charge in [-0.05, 0) is 18.8 Å². The van der Waals surface area contributed by atoms with Crippen LogP contribution in [0.2, 0.25) is 0 Å². The van der Waals surface area contributed by atoms with Crippen LogP contribution >= 0.6 is 0 Å². The maximum Gasteiger partial charge on any atom is 0.332 e. The molecule has 2 fully saturated rings. The van der Waals surface area contributed by atoms with Crippen molar-refractivity contribution >= 4 is 23.0 Å². The van der Waals surface area contributed by atoms with E-state index in [0.29, 0.717) is 69.1 Å². The van der Waals surface area contributed by atoms with Crippen molar-refractivity contribution in [2.45, 2.75) is 64.3 Å². The van der Waals surface area contributed by atoms with Gasteiger partial charge in [-0.25, -0.2) is 9.78 Å². The lowest BCUT2D eigenvalue weighted by Crippen LogP contribution is -2.50. The Kier molecular flexibility index (Phi) is 7.53. The Labute approximate surface area is 199 Å². The fourth-order valence-electron chi connectivity index (χ4n) is 5.29. The summed E-state index contributed by atoms with van der Waals surface area (Å²) in [6.07, 6.45) is 10.6. The molecule has 0 unspecified atom stereocenters. The maximum atomic E-state index is 12.7. The first kappa shape index (κ1) is 24.2. The van der Waals surface area contributed by atoms with Crippen molar-refractivity contribution in [2.24, 2.45) is 20.0 Å². The van der Waals surface area contributed by atoms with E-state index in [2.05, 4.69) is 4.98 Å². The third-order valence-corrected chi connectivity index (χ3v) is 7.48. The molecule has 2 aromatic heterocycles. The smallest absolute Gasteiger partial charge is 0.332 e. The van der Waals surface area contributed by atoms with E-state index < -0.39 is 5.69 Å². The summed E-state index contributed by atoms with van der Waals surface area (Å²) < 4.78 is 4.14. The van der Waals surface area contributed by atoms with Crippen LogP contribution in [0, 0.1) is 5.92 Å². The highest BCUT2D eigenvalue weighted by Gasteiger charge is 2.25. The van der Waals surface area contributed by atoms with Gasteiger partial charge in [0.25, 0.3) is 5.56 Å². The third kappa shape index (κ3) is 5.10. The average Bonchev–Trinajstić information content (AvgIpc) is 3.29. The molecule has 0 N–H and O–H groups in total. The molecule has 3 heterocycles. The summed E-state index contributed by atoms with van der Waals surface area (Å²) in [4.78, 5) is 57.9. The molecule has 1 saturated carbocycles. The number of imidazole rings is 1. The first-order valence-electron chi connectivity index (χ1n) is 12.5. The SMILES string of the molecule is Cn1c(=O)c2c(ncn2CCCC(=O)N2CCN(C(=O)CCC3CCCCC3)CC2)n(C)c1=O. The lowest BCUT2D eigenvalue weighted by Gasteiger charge is -2.35. The molecule has 1 aliphatic heterocycles. The number of hydrogen-bond acceptors (Lipinski definition) is 5. The molecule has 34 heavy (non-hydrogen) atoms. The minimum absolute atomic E-state index is 0.0685. The van der Waals surface area contributed by atoms with E-state index in [1.165, 1.54) is 43.7 Å². The second-order valence-corrected chi connectivity index (χ2v) is 9.72. The van der Waals surface area contributed by atoms with Crippen LogP contribution in [0.1, 0.15) is 57.8 Å². The molecule has 0 aromatic carbocycles. The third-order valence-electron chi connectivity index (χ3n) is 7.48. The minimum Gasteiger partial charge on any atom is -0.339 e. The summed E-state index contributed by atoms with van der Waals surface area (Å²) in [5.74, 6) is 0.998. The number of piperazine rings is 1. The number of amides is 2. The van der Waals surface area contributed by atoms with Crippen molar-refractivity contribution in [2.75, 3.05) is 26.2 Å². The highest BCUT2D eigenvalue weighted by Crippen LogP contribution is 2.27. The number of fused-ring (bicyclic) bond motifs is 1. The van der Waals surface area contributed by atoms with Crippen molar-refractivity contribution < 1.29 is 9.59 Å². The lowest BCUT2D eigenvalue weighted by atomic mass is 9.86. The highest BCUT2D eigenvalue weighted by molar-refractivity contribution is 5.78. The zero-order valence-electron chi connectivity index (χ0n) is 20.4. The van der Waals surface area contributed by atoms with Crippen molar-refractivity contribution in [1.82, 2.24) is 28.5 Å². The van der Waals surface area contributed by atoms with Gasteiger partial charge >= 0.3 is 5.69 Å². The second-order valence-electron chi connectivity index (χ2n) is 9.72. The van der Waals surface area contributed by atoms with E-state index in [0.717, 1.165) is 11.0 Å². The van der Waals surface area contributed by atoms with Crippen molar-refractivity contribution in [3.05, 3.63) is 27.2 Å². The summed E-state index contributed by atoms with van der Waals surface area (Å²) in [6, 6.07) is 0. The molecule has 186 valence electrons. The second kappa shape index (κ2) is 10.6. The molecule has 10 heteroatoms. The van der Waals surface area contributed by atoms with E-state index >= 15 is 0 Å². The quantitative estimate of drug-likeness (QED) is 0.603. The van der Waals surface area contributed by atoms with Gasteiger partial charge < -0.3 is 14.4 Å². The first-order valence-corrected chi connectivity index (χ1v) is 12.5. The molecule has 4 rings (SSSR count). The Bertz CT molecular complexity index is 1150. The molecule has 1 saturated heterocycles. The zero-order chi connectivity index (χ0) is 24.2. The zero-order valence-corrected chi connectivity index (χ0v) is 20.4. The van der Waals surface area contributed by atoms with Crippen LogP contribution in [-0.4, -0.2) is 66.5 Å². The van der Waals surface area contributed by atoms with E-state index in [9.17, 15) is 19.2 Å². The Morgan fingerprint density at radius 3 is 2.18 bits per heavy atom. The Morgan fingerprint density at radius 2 is 1.53 bits per heavy atom. The van der Waals surface area contributed by atoms with Gasteiger partial charge in [-0.15, -0.1) is 0 Å². The van der Waals surface area contributed by atoms with E-state index in [4.69, 9.17) is 0 Å². The molecule has 0 atom stereocenters. The predicted octanol–water partition coefficient (Wildman–Crippen LogP) is 1.25. The van der Waals surface area contributed by atoms with Gasteiger partial charge in [0.05, 0.1) is 6.33 Å². The number of carbonyl (C=O) groups excluding carboxylic acids is 2. The topological polar surface area (TPSA) is 102 Å². The molecule has 0 bridgehead atoms. The minimum atomic E-state index is -0.412. The van der Waals surface area contributed by atoms with E-state index in [1.807, 2.05) is 9.80 Å². The monoisotopic (exact) mass is 472 g/mol. The standard InChI is InChI=1S/C24H36N6O4/c1-26-22-21(23(33)27(2)24(26)34)30(17-25-22)12-6-9-19(31)28-13-15-29(16-14-28)20(32)11-10-18-7-4-3-5-8-18/h17-18H,3-16H2,1-2H3. The van der Waals surface area contributed by atoms with Gasteiger partial charge in [0.2, 0.25) is 11.8 Å². The summed E-state index contributed by atoms with van der Waals surface area (Å²) in [5, 5.41) is 0.